The normalized spacial score (nSPS) is 19.3. The van der Waals surface area contributed by atoms with E-state index in [2.05, 4.69) is 41.1 Å². The molecule has 1 heterocycles. The van der Waals surface area contributed by atoms with Crippen molar-refractivity contribution in [1.82, 2.24) is 10.2 Å². The number of benzene rings is 1. The van der Waals surface area contributed by atoms with Gasteiger partial charge in [-0.1, -0.05) is 12.5 Å². The highest BCUT2D eigenvalue weighted by atomic mass is 35.5. The van der Waals surface area contributed by atoms with Crippen LogP contribution in [0.3, 0.4) is 0 Å². The third kappa shape index (κ3) is 4.94. The Hall–Kier alpha value is -0.680. The van der Waals surface area contributed by atoms with Crippen molar-refractivity contribution in [3.63, 3.8) is 0 Å². The number of nitrogens with zero attached hydrogens (tertiary/aromatic N) is 2. The number of phenols is 1. The smallest absolute Gasteiger partial charge is 0.122 e. The van der Waals surface area contributed by atoms with Crippen molar-refractivity contribution < 1.29 is 5.11 Å². The number of nitrogens with one attached hydrogen (secondary N) is 1. The zero-order valence-corrected chi connectivity index (χ0v) is 17.0. The second-order valence-electron chi connectivity index (χ2n) is 6.84. The Balaban J connectivity index is 0.00000156. The van der Waals surface area contributed by atoms with Crippen LogP contribution in [0.25, 0.3) is 0 Å². The Labute approximate surface area is 164 Å². The topological polar surface area (TPSA) is 38.7 Å². The van der Waals surface area contributed by atoms with E-state index in [1.165, 1.54) is 19.3 Å². The molecule has 2 fully saturated rings. The number of aromatic hydroxyl groups is 1. The number of piperazine rings is 1. The first kappa shape index (κ1) is 22.4. The van der Waals surface area contributed by atoms with Crippen LogP contribution in [-0.4, -0.2) is 49.3 Å². The lowest BCUT2D eigenvalue weighted by Gasteiger charge is -2.43. The molecule has 1 aliphatic carbocycles. The monoisotopic (exact) mass is 389 g/mol. The minimum atomic E-state index is 0. The quantitative estimate of drug-likeness (QED) is 0.775. The molecule has 1 saturated heterocycles. The van der Waals surface area contributed by atoms with Crippen LogP contribution < -0.4 is 10.2 Å². The van der Waals surface area contributed by atoms with Crippen LogP contribution in [0.2, 0.25) is 0 Å². The standard InChI is InChI=1S/C19H31N3O.2ClH/c1-3-21(4-2)16-8-9-17(18(23)14-16)19(15-6-5-7-15)22-12-10-20-11-13-22;;/h8-9,14-15,19-20,23H,3-7,10-13H2,1-2H3;2*1H/t19-;;/m1../s1. The van der Waals surface area contributed by atoms with Gasteiger partial charge in [0.2, 0.25) is 0 Å². The summed E-state index contributed by atoms with van der Waals surface area (Å²) in [6.45, 7) is 10.5. The fourth-order valence-electron chi connectivity index (χ4n) is 4.03. The minimum Gasteiger partial charge on any atom is -0.508 e. The van der Waals surface area contributed by atoms with Crippen LogP contribution >= 0.6 is 24.8 Å². The number of phenolic OH excluding ortho intramolecular Hbond substituents is 1. The fourth-order valence-corrected chi connectivity index (χ4v) is 4.03. The van der Waals surface area contributed by atoms with Crippen molar-refractivity contribution in [2.45, 2.75) is 39.2 Å². The molecule has 1 aromatic carbocycles. The molecule has 0 unspecified atom stereocenters. The van der Waals surface area contributed by atoms with Crippen LogP contribution in [0.1, 0.15) is 44.7 Å². The number of hydrogen-bond donors (Lipinski definition) is 2. The number of anilines is 1. The minimum absolute atomic E-state index is 0. The van der Waals surface area contributed by atoms with E-state index in [4.69, 9.17) is 0 Å². The molecule has 2 N–H and O–H groups in total. The molecule has 3 rings (SSSR count). The second kappa shape index (κ2) is 10.5. The van der Waals surface area contributed by atoms with Gasteiger partial charge in [-0.25, -0.2) is 0 Å². The molecule has 25 heavy (non-hydrogen) atoms. The average molecular weight is 390 g/mol. The summed E-state index contributed by atoms with van der Waals surface area (Å²) >= 11 is 0. The Morgan fingerprint density at radius 1 is 1.16 bits per heavy atom. The van der Waals surface area contributed by atoms with E-state index in [1.54, 1.807) is 0 Å². The van der Waals surface area contributed by atoms with Gasteiger partial charge in [0.05, 0.1) is 0 Å². The largest absolute Gasteiger partial charge is 0.508 e. The van der Waals surface area contributed by atoms with Gasteiger partial charge in [0.25, 0.3) is 0 Å². The van der Waals surface area contributed by atoms with Gasteiger partial charge in [0.1, 0.15) is 5.75 Å². The highest BCUT2D eigenvalue weighted by Crippen LogP contribution is 2.44. The van der Waals surface area contributed by atoms with E-state index < -0.39 is 0 Å². The number of halogens is 2. The summed E-state index contributed by atoms with van der Waals surface area (Å²) < 4.78 is 0. The van der Waals surface area contributed by atoms with Crippen molar-refractivity contribution in [1.29, 1.82) is 0 Å². The SMILES string of the molecule is CCN(CC)c1ccc([C@@H](C2CCC2)N2CCNCC2)c(O)c1.Cl.Cl. The third-order valence-corrected chi connectivity index (χ3v) is 5.60. The highest BCUT2D eigenvalue weighted by Gasteiger charge is 2.35. The highest BCUT2D eigenvalue weighted by molar-refractivity contribution is 5.85. The number of rotatable bonds is 6. The molecule has 1 saturated carbocycles. The zero-order valence-electron chi connectivity index (χ0n) is 15.4. The first-order valence-electron chi connectivity index (χ1n) is 9.27. The maximum absolute atomic E-state index is 10.7. The summed E-state index contributed by atoms with van der Waals surface area (Å²) in [5, 5.41) is 14.2. The van der Waals surface area contributed by atoms with Gasteiger partial charge in [0, 0.05) is 62.6 Å². The maximum atomic E-state index is 10.7. The Kier molecular flexibility index (Phi) is 9.36. The fraction of sp³-hybridized carbons (Fsp3) is 0.684. The second-order valence-corrected chi connectivity index (χ2v) is 6.84. The van der Waals surface area contributed by atoms with Gasteiger partial charge in [-0.3, -0.25) is 4.90 Å². The van der Waals surface area contributed by atoms with Gasteiger partial charge < -0.3 is 15.3 Å². The van der Waals surface area contributed by atoms with E-state index in [9.17, 15) is 5.11 Å². The van der Waals surface area contributed by atoms with E-state index in [1.807, 2.05) is 6.07 Å². The summed E-state index contributed by atoms with van der Waals surface area (Å²) in [4.78, 5) is 4.86. The van der Waals surface area contributed by atoms with E-state index in [0.717, 1.165) is 50.5 Å². The Morgan fingerprint density at radius 2 is 1.80 bits per heavy atom. The van der Waals surface area contributed by atoms with Gasteiger partial charge in [-0.05, 0) is 38.7 Å². The first-order valence-corrected chi connectivity index (χ1v) is 9.27. The molecule has 4 nitrogen and oxygen atoms in total. The third-order valence-electron chi connectivity index (χ3n) is 5.60. The van der Waals surface area contributed by atoms with Gasteiger partial charge in [-0.15, -0.1) is 24.8 Å². The molecule has 0 amide bonds. The lowest BCUT2D eigenvalue weighted by Crippen LogP contribution is -2.47. The molecule has 1 aromatic rings. The molecule has 1 atom stereocenters. The van der Waals surface area contributed by atoms with E-state index in [0.29, 0.717) is 17.7 Å². The molecule has 2 aliphatic rings. The van der Waals surface area contributed by atoms with E-state index >= 15 is 0 Å². The first-order chi connectivity index (χ1) is 11.2. The van der Waals surface area contributed by atoms with Crippen LogP contribution in [-0.2, 0) is 0 Å². The molecular formula is C19H33Cl2N3O. The summed E-state index contributed by atoms with van der Waals surface area (Å²) in [6.07, 6.45) is 3.93. The molecule has 0 spiro atoms. The Morgan fingerprint density at radius 3 is 2.28 bits per heavy atom. The predicted octanol–water partition coefficient (Wildman–Crippen LogP) is 3.83. The average Bonchev–Trinajstić information content (AvgIpc) is 2.53. The molecule has 0 bridgehead atoms. The molecule has 0 aromatic heterocycles. The van der Waals surface area contributed by atoms with Crippen LogP contribution in [0.15, 0.2) is 18.2 Å². The van der Waals surface area contributed by atoms with Gasteiger partial charge in [-0.2, -0.15) is 0 Å². The predicted molar refractivity (Wildman–Crippen MR) is 111 cm³/mol. The van der Waals surface area contributed by atoms with Gasteiger partial charge >= 0.3 is 0 Å². The summed E-state index contributed by atoms with van der Waals surface area (Å²) in [5.41, 5.74) is 2.26. The lowest BCUT2D eigenvalue weighted by atomic mass is 9.76. The number of hydrogen-bond acceptors (Lipinski definition) is 4. The van der Waals surface area contributed by atoms with E-state index in [-0.39, 0.29) is 24.8 Å². The summed E-state index contributed by atoms with van der Waals surface area (Å²) in [5.74, 6) is 1.18. The van der Waals surface area contributed by atoms with Crippen LogP contribution in [0.4, 0.5) is 5.69 Å². The molecule has 0 radical (unpaired) electrons. The molecule has 1 aliphatic heterocycles. The van der Waals surface area contributed by atoms with Gasteiger partial charge in [0.15, 0.2) is 0 Å². The zero-order chi connectivity index (χ0) is 16.2. The maximum Gasteiger partial charge on any atom is 0.122 e. The van der Waals surface area contributed by atoms with Crippen molar-refractivity contribution in [2.75, 3.05) is 44.2 Å². The Bertz CT molecular complexity index is 515. The summed E-state index contributed by atoms with van der Waals surface area (Å²) in [7, 11) is 0. The van der Waals surface area contributed by atoms with Crippen molar-refractivity contribution in [3.05, 3.63) is 23.8 Å². The van der Waals surface area contributed by atoms with Crippen LogP contribution in [0, 0.1) is 5.92 Å². The summed E-state index contributed by atoms with van der Waals surface area (Å²) in [6, 6.07) is 6.72. The van der Waals surface area contributed by atoms with Crippen molar-refractivity contribution in [3.8, 4) is 5.75 Å². The lowest BCUT2D eigenvalue weighted by molar-refractivity contribution is 0.0819. The molecule has 6 heteroatoms. The molecule has 144 valence electrons. The van der Waals surface area contributed by atoms with Crippen LogP contribution in [0.5, 0.6) is 5.75 Å². The molecular weight excluding hydrogens is 357 g/mol. The van der Waals surface area contributed by atoms with Crippen molar-refractivity contribution in [2.24, 2.45) is 5.92 Å². The van der Waals surface area contributed by atoms with Crippen molar-refractivity contribution >= 4 is 30.5 Å².